The molecule has 0 aliphatic rings. The Kier molecular flexibility index (Phi) is 7.44. The minimum Gasteiger partial charge on any atom is -0.480 e. The van der Waals surface area contributed by atoms with Crippen molar-refractivity contribution < 1.29 is 9.90 Å². The van der Waals surface area contributed by atoms with E-state index in [1.807, 2.05) is 32.7 Å². The standard InChI is InChI=1S/C14H29NO2/c1-6-7-8-9-10-11-14(4,13(16)17)15(5)12(2)3/h12H,6-11H2,1-5H3,(H,16,17). The predicted octanol–water partition coefficient (Wildman–Crippen LogP) is 3.53. The van der Waals surface area contributed by atoms with Crippen molar-refractivity contribution in [2.45, 2.75) is 77.8 Å². The second-order valence-electron chi connectivity index (χ2n) is 5.45. The van der Waals surface area contributed by atoms with E-state index < -0.39 is 11.5 Å². The molecule has 3 heteroatoms. The summed E-state index contributed by atoms with van der Waals surface area (Å²) in [5, 5.41) is 9.41. The lowest BCUT2D eigenvalue weighted by atomic mass is 9.91. The summed E-state index contributed by atoms with van der Waals surface area (Å²) in [5.74, 6) is -0.704. The molecular formula is C14H29NO2. The molecule has 0 aliphatic carbocycles. The van der Waals surface area contributed by atoms with Gasteiger partial charge in [-0.05, 0) is 34.2 Å². The van der Waals surface area contributed by atoms with E-state index in [0.29, 0.717) is 0 Å². The maximum Gasteiger partial charge on any atom is 0.323 e. The van der Waals surface area contributed by atoms with Crippen molar-refractivity contribution in [1.82, 2.24) is 4.90 Å². The van der Waals surface area contributed by atoms with E-state index in [1.165, 1.54) is 19.3 Å². The number of unbranched alkanes of at least 4 members (excludes halogenated alkanes) is 4. The third kappa shape index (κ3) is 5.07. The number of carboxylic acids is 1. The first-order valence-electron chi connectivity index (χ1n) is 6.82. The lowest BCUT2D eigenvalue weighted by molar-refractivity contribution is -0.151. The minimum atomic E-state index is -0.722. The first kappa shape index (κ1) is 16.4. The Balaban J connectivity index is 4.28. The van der Waals surface area contributed by atoms with E-state index in [4.69, 9.17) is 0 Å². The van der Waals surface area contributed by atoms with Crippen LogP contribution in [0.4, 0.5) is 0 Å². The maximum absolute atomic E-state index is 11.4. The van der Waals surface area contributed by atoms with Gasteiger partial charge < -0.3 is 5.11 Å². The van der Waals surface area contributed by atoms with Crippen molar-refractivity contribution in [1.29, 1.82) is 0 Å². The normalized spacial score (nSPS) is 15.2. The van der Waals surface area contributed by atoms with Gasteiger partial charge in [0.05, 0.1) is 0 Å². The van der Waals surface area contributed by atoms with Gasteiger partial charge in [0, 0.05) is 6.04 Å². The zero-order valence-electron chi connectivity index (χ0n) is 12.1. The van der Waals surface area contributed by atoms with Crippen LogP contribution in [0, 0.1) is 0 Å². The number of nitrogens with zero attached hydrogens (tertiary/aromatic N) is 1. The van der Waals surface area contributed by atoms with Crippen molar-refractivity contribution >= 4 is 5.97 Å². The van der Waals surface area contributed by atoms with Crippen LogP contribution >= 0.6 is 0 Å². The van der Waals surface area contributed by atoms with Crippen LogP contribution in [0.1, 0.15) is 66.2 Å². The monoisotopic (exact) mass is 243 g/mol. The molecule has 1 atom stereocenters. The Labute approximate surface area is 106 Å². The Morgan fingerprint density at radius 2 is 1.76 bits per heavy atom. The highest BCUT2D eigenvalue weighted by Crippen LogP contribution is 2.24. The van der Waals surface area contributed by atoms with E-state index in [-0.39, 0.29) is 6.04 Å². The fourth-order valence-corrected chi connectivity index (χ4v) is 2.08. The molecule has 3 nitrogen and oxygen atoms in total. The SMILES string of the molecule is CCCCCCCC(C)(C(=O)O)N(C)C(C)C. The van der Waals surface area contributed by atoms with E-state index in [1.54, 1.807) is 0 Å². The van der Waals surface area contributed by atoms with E-state index in [2.05, 4.69) is 6.92 Å². The minimum absolute atomic E-state index is 0.256. The first-order chi connectivity index (χ1) is 7.86. The summed E-state index contributed by atoms with van der Waals surface area (Å²) < 4.78 is 0. The molecule has 0 aromatic carbocycles. The van der Waals surface area contributed by atoms with Gasteiger partial charge >= 0.3 is 5.97 Å². The molecule has 0 amide bonds. The van der Waals surface area contributed by atoms with Crippen molar-refractivity contribution in [3.8, 4) is 0 Å². The van der Waals surface area contributed by atoms with Crippen LogP contribution in [-0.4, -0.2) is 34.6 Å². The summed E-state index contributed by atoms with van der Waals surface area (Å²) in [5.41, 5.74) is -0.722. The second-order valence-corrected chi connectivity index (χ2v) is 5.45. The van der Waals surface area contributed by atoms with Crippen LogP contribution in [0.5, 0.6) is 0 Å². The van der Waals surface area contributed by atoms with Gasteiger partial charge in [0.1, 0.15) is 5.54 Å². The molecule has 0 heterocycles. The molecule has 0 spiro atoms. The van der Waals surface area contributed by atoms with Crippen LogP contribution < -0.4 is 0 Å². The summed E-state index contributed by atoms with van der Waals surface area (Å²) in [6.07, 6.45) is 6.58. The predicted molar refractivity (Wildman–Crippen MR) is 72.3 cm³/mol. The number of hydrogen-bond donors (Lipinski definition) is 1. The third-order valence-electron chi connectivity index (χ3n) is 3.78. The number of rotatable bonds is 9. The highest BCUT2D eigenvalue weighted by Gasteiger charge is 2.37. The fraction of sp³-hybridized carbons (Fsp3) is 0.929. The van der Waals surface area contributed by atoms with Gasteiger partial charge in [-0.3, -0.25) is 9.69 Å². The molecule has 102 valence electrons. The average Bonchev–Trinajstić information content (AvgIpc) is 2.27. The van der Waals surface area contributed by atoms with E-state index in [0.717, 1.165) is 19.3 Å². The zero-order chi connectivity index (χ0) is 13.5. The largest absolute Gasteiger partial charge is 0.480 e. The number of carbonyl (C=O) groups is 1. The van der Waals surface area contributed by atoms with Crippen LogP contribution in [0.25, 0.3) is 0 Å². The third-order valence-corrected chi connectivity index (χ3v) is 3.78. The van der Waals surface area contributed by atoms with Crippen LogP contribution in [0.2, 0.25) is 0 Å². The van der Waals surface area contributed by atoms with Crippen molar-refractivity contribution in [3.05, 3.63) is 0 Å². The molecular weight excluding hydrogens is 214 g/mol. The molecule has 0 rings (SSSR count). The Bertz CT molecular complexity index is 228. The summed E-state index contributed by atoms with van der Waals surface area (Å²) in [4.78, 5) is 13.4. The number of likely N-dealkylation sites (N-methyl/N-ethyl adjacent to an activating group) is 1. The summed E-state index contributed by atoms with van der Waals surface area (Å²) in [6.45, 7) is 8.11. The quantitative estimate of drug-likeness (QED) is 0.630. The van der Waals surface area contributed by atoms with E-state index >= 15 is 0 Å². The molecule has 17 heavy (non-hydrogen) atoms. The molecule has 0 aromatic heterocycles. The zero-order valence-corrected chi connectivity index (χ0v) is 12.1. The highest BCUT2D eigenvalue weighted by molar-refractivity contribution is 5.78. The first-order valence-corrected chi connectivity index (χ1v) is 6.82. The Hall–Kier alpha value is -0.570. The molecule has 0 saturated carbocycles. The number of aliphatic carboxylic acids is 1. The molecule has 0 aliphatic heterocycles. The molecule has 0 fully saturated rings. The second kappa shape index (κ2) is 7.70. The Morgan fingerprint density at radius 3 is 2.18 bits per heavy atom. The fourth-order valence-electron chi connectivity index (χ4n) is 2.08. The van der Waals surface area contributed by atoms with Gasteiger partial charge in [0.25, 0.3) is 0 Å². The maximum atomic E-state index is 11.4. The molecule has 0 aromatic rings. The van der Waals surface area contributed by atoms with Crippen LogP contribution in [-0.2, 0) is 4.79 Å². The van der Waals surface area contributed by atoms with Crippen LogP contribution in [0.3, 0.4) is 0 Å². The smallest absolute Gasteiger partial charge is 0.323 e. The molecule has 1 unspecified atom stereocenters. The van der Waals surface area contributed by atoms with Crippen molar-refractivity contribution in [2.24, 2.45) is 0 Å². The van der Waals surface area contributed by atoms with Crippen LogP contribution in [0.15, 0.2) is 0 Å². The topological polar surface area (TPSA) is 40.5 Å². The lowest BCUT2D eigenvalue weighted by Gasteiger charge is -2.38. The molecule has 1 N–H and O–H groups in total. The van der Waals surface area contributed by atoms with Gasteiger partial charge in [0.2, 0.25) is 0 Å². The van der Waals surface area contributed by atoms with Crippen molar-refractivity contribution in [2.75, 3.05) is 7.05 Å². The van der Waals surface area contributed by atoms with Gasteiger partial charge in [0.15, 0.2) is 0 Å². The molecule has 0 radical (unpaired) electrons. The van der Waals surface area contributed by atoms with Gasteiger partial charge in [-0.25, -0.2) is 0 Å². The highest BCUT2D eigenvalue weighted by atomic mass is 16.4. The van der Waals surface area contributed by atoms with Gasteiger partial charge in [-0.2, -0.15) is 0 Å². The summed E-state index contributed by atoms with van der Waals surface area (Å²) in [7, 11) is 1.91. The van der Waals surface area contributed by atoms with Gasteiger partial charge in [-0.1, -0.05) is 39.0 Å². The summed E-state index contributed by atoms with van der Waals surface area (Å²) in [6, 6.07) is 0.256. The number of carboxylic acid groups (broad SMARTS) is 1. The molecule has 0 saturated heterocycles. The molecule has 0 bridgehead atoms. The average molecular weight is 243 g/mol. The number of hydrogen-bond acceptors (Lipinski definition) is 2. The van der Waals surface area contributed by atoms with E-state index in [9.17, 15) is 9.90 Å². The Morgan fingerprint density at radius 1 is 1.24 bits per heavy atom. The lowest BCUT2D eigenvalue weighted by Crippen LogP contribution is -2.53. The van der Waals surface area contributed by atoms with Gasteiger partial charge in [-0.15, -0.1) is 0 Å². The summed E-state index contributed by atoms with van der Waals surface area (Å²) >= 11 is 0. The van der Waals surface area contributed by atoms with Crippen molar-refractivity contribution in [3.63, 3.8) is 0 Å².